The monoisotopic (exact) mass is 313 g/mol. The summed E-state index contributed by atoms with van der Waals surface area (Å²) in [5.74, 6) is -0.160. The second-order valence-electron chi connectivity index (χ2n) is 5.93. The SMILES string of the molecule is C[C@H](C(=O)Nc1ccc2ccccc2c1)N(C)CC(=O)N(C)C. The van der Waals surface area contributed by atoms with Gasteiger partial charge in [0, 0.05) is 19.8 Å². The van der Waals surface area contributed by atoms with Gasteiger partial charge in [-0.05, 0) is 36.9 Å². The van der Waals surface area contributed by atoms with E-state index in [1.807, 2.05) is 42.5 Å². The number of hydrogen-bond donors (Lipinski definition) is 1. The summed E-state index contributed by atoms with van der Waals surface area (Å²) in [6.45, 7) is 2.00. The van der Waals surface area contributed by atoms with Crippen molar-refractivity contribution in [3.8, 4) is 0 Å². The predicted octanol–water partition coefficient (Wildman–Crippen LogP) is 2.19. The molecule has 2 aromatic rings. The number of rotatable bonds is 5. The van der Waals surface area contributed by atoms with Crippen LogP contribution in [-0.4, -0.2) is 55.3 Å². The van der Waals surface area contributed by atoms with Crippen LogP contribution in [0.25, 0.3) is 10.8 Å². The van der Waals surface area contributed by atoms with Gasteiger partial charge in [-0.3, -0.25) is 14.5 Å². The van der Waals surface area contributed by atoms with Crippen LogP contribution in [0.3, 0.4) is 0 Å². The van der Waals surface area contributed by atoms with Gasteiger partial charge in [0.1, 0.15) is 0 Å². The first kappa shape index (κ1) is 17.0. The molecule has 0 spiro atoms. The molecule has 0 saturated heterocycles. The Hall–Kier alpha value is -2.40. The molecule has 23 heavy (non-hydrogen) atoms. The summed E-state index contributed by atoms with van der Waals surface area (Å²) in [6.07, 6.45) is 0. The highest BCUT2D eigenvalue weighted by Crippen LogP contribution is 2.19. The molecule has 5 heteroatoms. The summed E-state index contributed by atoms with van der Waals surface area (Å²) in [6, 6.07) is 13.4. The predicted molar refractivity (Wildman–Crippen MR) is 93.4 cm³/mol. The lowest BCUT2D eigenvalue weighted by Gasteiger charge is -2.24. The molecular weight excluding hydrogens is 290 g/mol. The Kier molecular flexibility index (Phi) is 5.34. The van der Waals surface area contributed by atoms with Crippen molar-refractivity contribution < 1.29 is 9.59 Å². The molecular formula is C18H23N3O2. The smallest absolute Gasteiger partial charge is 0.241 e. The van der Waals surface area contributed by atoms with Gasteiger partial charge in [-0.15, -0.1) is 0 Å². The van der Waals surface area contributed by atoms with E-state index in [-0.39, 0.29) is 18.4 Å². The van der Waals surface area contributed by atoms with Crippen LogP contribution in [0.15, 0.2) is 42.5 Å². The van der Waals surface area contributed by atoms with E-state index in [0.717, 1.165) is 16.5 Å². The minimum Gasteiger partial charge on any atom is -0.348 e. The van der Waals surface area contributed by atoms with Gasteiger partial charge in [0.15, 0.2) is 0 Å². The van der Waals surface area contributed by atoms with Gasteiger partial charge in [-0.2, -0.15) is 0 Å². The van der Waals surface area contributed by atoms with E-state index in [1.165, 1.54) is 4.90 Å². The van der Waals surface area contributed by atoms with E-state index < -0.39 is 6.04 Å². The Morgan fingerprint density at radius 3 is 2.35 bits per heavy atom. The van der Waals surface area contributed by atoms with Gasteiger partial charge >= 0.3 is 0 Å². The molecule has 0 fully saturated rings. The number of anilines is 1. The molecule has 0 aliphatic heterocycles. The zero-order valence-corrected chi connectivity index (χ0v) is 14.0. The molecule has 0 aromatic heterocycles. The van der Waals surface area contributed by atoms with Gasteiger partial charge in [-0.1, -0.05) is 30.3 Å². The van der Waals surface area contributed by atoms with Crippen LogP contribution >= 0.6 is 0 Å². The minimum absolute atomic E-state index is 0.0298. The van der Waals surface area contributed by atoms with Crippen molar-refractivity contribution in [2.45, 2.75) is 13.0 Å². The van der Waals surface area contributed by atoms with Crippen molar-refractivity contribution in [1.82, 2.24) is 9.80 Å². The topological polar surface area (TPSA) is 52.7 Å². The summed E-state index contributed by atoms with van der Waals surface area (Å²) in [4.78, 5) is 27.4. The number of carbonyl (C=O) groups is 2. The van der Waals surface area contributed by atoms with Gasteiger partial charge in [-0.25, -0.2) is 0 Å². The maximum Gasteiger partial charge on any atom is 0.241 e. The maximum atomic E-state index is 12.4. The van der Waals surface area contributed by atoms with Crippen molar-refractivity contribution in [2.24, 2.45) is 0 Å². The van der Waals surface area contributed by atoms with E-state index >= 15 is 0 Å². The average molecular weight is 313 g/mol. The van der Waals surface area contributed by atoms with Crippen molar-refractivity contribution in [3.05, 3.63) is 42.5 Å². The molecule has 0 bridgehead atoms. The van der Waals surface area contributed by atoms with Crippen LogP contribution in [-0.2, 0) is 9.59 Å². The number of hydrogen-bond acceptors (Lipinski definition) is 3. The molecule has 1 atom stereocenters. The molecule has 0 radical (unpaired) electrons. The first-order chi connectivity index (χ1) is 10.9. The van der Waals surface area contributed by atoms with Gasteiger partial charge in [0.05, 0.1) is 12.6 Å². The molecule has 0 saturated carbocycles. The Labute approximate surface area is 136 Å². The molecule has 2 rings (SSSR count). The normalized spacial score (nSPS) is 12.2. The lowest BCUT2D eigenvalue weighted by atomic mass is 10.1. The molecule has 0 aliphatic rings. The van der Waals surface area contributed by atoms with E-state index in [4.69, 9.17) is 0 Å². The molecule has 2 amide bonds. The van der Waals surface area contributed by atoms with Gasteiger partial charge in [0.25, 0.3) is 0 Å². The van der Waals surface area contributed by atoms with Crippen molar-refractivity contribution in [1.29, 1.82) is 0 Å². The van der Waals surface area contributed by atoms with E-state index in [9.17, 15) is 9.59 Å². The number of amides is 2. The van der Waals surface area contributed by atoms with E-state index in [0.29, 0.717) is 0 Å². The van der Waals surface area contributed by atoms with Crippen molar-refractivity contribution in [3.63, 3.8) is 0 Å². The summed E-state index contributed by atoms with van der Waals surface area (Å²) in [7, 11) is 5.18. The van der Waals surface area contributed by atoms with Crippen LogP contribution < -0.4 is 5.32 Å². The number of fused-ring (bicyclic) bond motifs is 1. The fourth-order valence-corrected chi connectivity index (χ4v) is 2.21. The highest BCUT2D eigenvalue weighted by Gasteiger charge is 2.20. The van der Waals surface area contributed by atoms with Crippen LogP contribution in [0.5, 0.6) is 0 Å². The van der Waals surface area contributed by atoms with Crippen molar-refractivity contribution in [2.75, 3.05) is 33.0 Å². The molecule has 2 aromatic carbocycles. The first-order valence-electron chi connectivity index (χ1n) is 7.58. The second kappa shape index (κ2) is 7.24. The third-order valence-electron chi connectivity index (χ3n) is 3.94. The fraction of sp³-hybridized carbons (Fsp3) is 0.333. The molecule has 0 unspecified atom stereocenters. The van der Waals surface area contributed by atoms with Crippen LogP contribution in [0.4, 0.5) is 5.69 Å². The average Bonchev–Trinajstić information content (AvgIpc) is 2.53. The van der Waals surface area contributed by atoms with Crippen LogP contribution in [0.2, 0.25) is 0 Å². The third-order valence-corrected chi connectivity index (χ3v) is 3.94. The van der Waals surface area contributed by atoms with Gasteiger partial charge < -0.3 is 10.2 Å². The van der Waals surface area contributed by atoms with Crippen LogP contribution in [0, 0.1) is 0 Å². The number of likely N-dealkylation sites (N-methyl/N-ethyl adjacent to an activating group) is 2. The fourth-order valence-electron chi connectivity index (χ4n) is 2.21. The zero-order chi connectivity index (χ0) is 17.0. The number of benzene rings is 2. The maximum absolute atomic E-state index is 12.4. The lowest BCUT2D eigenvalue weighted by molar-refractivity contribution is -0.131. The van der Waals surface area contributed by atoms with E-state index in [1.54, 1.807) is 33.0 Å². The highest BCUT2D eigenvalue weighted by atomic mass is 16.2. The largest absolute Gasteiger partial charge is 0.348 e. The third kappa shape index (κ3) is 4.29. The van der Waals surface area contributed by atoms with Crippen LogP contribution in [0.1, 0.15) is 6.92 Å². The van der Waals surface area contributed by atoms with Crippen molar-refractivity contribution >= 4 is 28.3 Å². The molecule has 1 N–H and O–H groups in total. The first-order valence-corrected chi connectivity index (χ1v) is 7.58. The zero-order valence-electron chi connectivity index (χ0n) is 14.0. The highest BCUT2D eigenvalue weighted by molar-refractivity contribution is 5.97. The Morgan fingerprint density at radius 1 is 1.04 bits per heavy atom. The summed E-state index contributed by atoms with van der Waals surface area (Å²) >= 11 is 0. The van der Waals surface area contributed by atoms with Gasteiger partial charge in [0.2, 0.25) is 11.8 Å². The lowest BCUT2D eigenvalue weighted by Crippen LogP contribution is -2.44. The quantitative estimate of drug-likeness (QED) is 0.920. The van der Waals surface area contributed by atoms with E-state index in [2.05, 4.69) is 5.32 Å². The summed E-state index contributed by atoms with van der Waals surface area (Å²) in [5, 5.41) is 5.12. The Bertz CT molecular complexity index is 712. The molecule has 5 nitrogen and oxygen atoms in total. The minimum atomic E-state index is -0.398. The summed E-state index contributed by atoms with van der Waals surface area (Å²) in [5.41, 5.74) is 0.757. The Morgan fingerprint density at radius 2 is 1.70 bits per heavy atom. The Balaban J connectivity index is 2.03. The molecule has 0 aliphatic carbocycles. The molecule has 0 heterocycles. The second-order valence-corrected chi connectivity index (χ2v) is 5.93. The molecule has 122 valence electrons. The number of nitrogens with zero attached hydrogens (tertiary/aromatic N) is 2. The standard InChI is InChI=1S/C18H23N3O2/c1-13(21(4)12-17(22)20(2)3)18(23)19-16-10-9-14-7-5-6-8-15(14)11-16/h5-11,13H,12H2,1-4H3,(H,19,23)/t13-/m1/s1. The number of nitrogens with one attached hydrogen (secondary N) is 1. The number of carbonyl (C=O) groups excluding carboxylic acids is 2. The summed E-state index contributed by atoms with van der Waals surface area (Å²) < 4.78 is 0.